The number of aliphatic carboxylic acids is 1. The molecule has 0 amide bonds. The Labute approximate surface area is 168 Å². The van der Waals surface area contributed by atoms with Crippen molar-refractivity contribution in [2.24, 2.45) is 0 Å². The first kappa shape index (κ1) is 20.8. The number of hydrogen-bond acceptors (Lipinski definition) is 5. The largest absolute Gasteiger partial charge is 0.486 e. The van der Waals surface area contributed by atoms with Gasteiger partial charge in [-0.25, -0.2) is 0 Å². The van der Waals surface area contributed by atoms with Crippen molar-refractivity contribution in [3.05, 3.63) is 65.9 Å². The fraction of sp³-hybridized carbons (Fsp3) is 0.200. The van der Waals surface area contributed by atoms with Crippen LogP contribution in [0.4, 0.5) is 13.2 Å². The van der Waals surface area contributed by atoms with Crippen LogP contribution in [-0.2, 0) is 17.6 Å². The minimum absolute atomic E-state index is 0.0889. The number of nitrogens with zero attached hydrogens (tertiary/aromatic N) is 1. The van der Waals surface area contributed by atoms with Gasteiger partial charge in [0.05, 0.1) is 5.56 Å². The number of rotatable bonds is 7. The minimum Gasteiger partial charge on any atom is -0.486 e. The molecule has 0 bridgehead atoms. The maximum atomic E-state index is 12.6. The average molecular weight is 423 g/mol. The summed E-state index contributed by atoms with van der Waals surface area (Å²) in [6, 6.07) is 13.2. The zero-order chi connectivity index (χ0) is 21.0. The number of carboxylic acid groups (broad SMARTS) is 1. The first-order chi connectivity index (χ1) is 13.7. The van der Waals surface area contributed by atoms with Gasteiger partial charge in [0, 0.05) is 16.5 Å². The molecular formula is C20H16F3NO4S. The lowest BCUT2D eigenvalue weighted by atomic mass is 10.1. The summed E-state index contributed by atoms with van der Waals surface area (Å²) in [5.41, 5.74) is 0.182. The number of halogens is 3. The van der Waals surface area contributed by atoms with Gasteiger partial charge in [0.25, 0.3) is 0 Å². The molecule has 0 spiro atoms. The van der Waals surface area contributed by atoms with Gasteiger partial charge in [-0.3, -0.25) is 4.79 Å². The van der Waals surface area contributed by atoms with Crippen LogP contribution >= 0.6 is 11.8 Å². The molecule has 3 aromatic rings. The summed E-state index contributed by atoms with van der Waals surface area (Å²) < 4.78 is 48.7. The fourth-order valence-corrected chi connectivity index (χ4v) is 3.17. The molecule has 0 aliphatic carbocycles. The van der Waals surface area contributed by atoms with Gasteiger partial charge in [0.15, 0.2) is 5.76 Å². The third kappa shape index (κ3) is 5.54. The van der Waals surface area contributed by atoms with Gasteiger partial charge in [-0.05, 0) is 43.3 Å². The number of alkyl halides is 3. The van der Waals surface area contributed by atoms with Gasteiger partial charge in [0.1, 0.15) is 23.3 Å². The Morgan fingerprint density at radius 2 is 1.83 bits per heavy atom. The highest BCUT2D eigenvalue weighted by Gasteiger charge is 2.30. The number of ether oxygens (including phenoxy) is 1. The van der Waals surface area contributed by atoms with Crippen LogP contribution in [0.25, 0.3) is 11.3 Å². The summed E-state index contributed by atoms with van der Waals surface area (Å²) in [7, 11) is 0. The maximum Gasteiger partial charge on any atom is 0.416 e. The van der Waals surface area contributed by atoms with Gasteiger partial charge < -0.3 is 14.4 Å². The Kier molecular flexibility index (Phi) is 6.17. The van der Waals surface area contributed by atoms with Crippen LogP contribution in [0.5, 0.6) is 5.75 Å². The number of aromatic nitrogens is 1. The Bertz CT molecular complexity index is 969. The van der Waals surface area contributed by atoms with Crippen LogP contribution in [0.2, 0.25) is 0 Å². The molecule has 1 N–H and O–H groups in total. The van der Waals surface area contributed by atoms with E-state index in [1.54, 1.807) is 37.3 Å². The molecule has 152 valence electrons. The molecule has 29 heavy (non-hydrogen) atoms. The third-order valence-corrected chi connectivity index (χ3v) is 5.03. The molecule has 0 fully saturated rings. The molecular weight excluding hydrogens is 407 g/mol. The normalized spacial score (nSPS) is 12.6. The highest BCUT2D eigenvalue weighted by molar-refractivity contribution is 8.00. The lowest BCUT2D eigenvalue weighted by Gasteiger charge is -2.07. The summed E-state index contributed by atoms with van der Waals surface area (Å²) >= 11 is 1.22. The van der Waals surface area contributed by atoms with Crippen LogP contribution in [0, 0.1) is 0 Å². The first-order valence-electron chi connectivity index (χ1n) is 8.48. The quantitative estimate of drug-likeness (QED) is 0.506. The van der Waals surface area contributed by atoms with Crippen LogP contribution in [-0.4, -0.2) is 21.5 Å². The molecule has 0 aliphatic rings. The lowest BCUT2D eigenvalue weighted by molar-refractivity contribution is -0.138. The topological polar surface area (TPSA) is 72.6 Å². The molecule has 0 radical (unpaired) electrons. The predicted molar refractivity (Wildman–Crippen MR) is 101 cm³/mol. The van der Waals surface area contributed by atoms with Crippen LogP contribution < -0.4 is 4.74 Å². The Hall–Kier alpha value is -2.94. The summed E-state index contributed by atoms with van der Waals surface area (Å²) in [5.74, 6) is 0.0900. The molecule has 1 heterocycles. The average Bonchev–Trinajstić information content (AvgIpc) is 3.16. The van der Waals surface area contributed by atoms with E-state index in [-0.39, 0.29) is 6.61 Å². The van der Waals surface area contributed by atoms with E-state index in [2.05, 4.69) is 5.16 Å². The number of benzene rings is 2. The van der Waals surface area contributed by atoms with E-state index < -0.39 is 23.0 Å². The molecule has 0 saturated carbocycles. The summed E-state index contributed by atoms with van der Waals surface area (Å²) in [4.78, 5) is 11.7. The minimum atomic E-state index is -4.39. The van der Waals surface area contributed by atoms with E-state index >= 15 is 0 Å². The number of carbonyl (C=O) groups is 1. The fourth-order valence-electron chi connectivity index (χ4n) is 2.37. The zero-order valence-electron chi connectivity index (χ0n) is 15.1. The Balaban J connectivity index is 1.58. The SMILES string of the molecule is CC(Sc1ccc(OCc2cc(-c3ccc(C(F)(F)F)cc3)no2)cc1)C(=O)O. The van der Waals surface area contributed by atoms with Crippen molar-refractivity contribution < 1.29 is 32.3 Å². The molecule has 9 heteroatoms. The van der Waals surface area contributed by atoms with Crippen molar-refractivity contribution in [3.63, 3.8) is 0 Å². The smallest absolute Gasteiger partial charge is 0.416 e. The van der Waals surface area contributed by atoms with Gasteiger partial charge in [-0.15, -0.1) is 11.8 Å². The van der Waals surface area contributed by atoms with Gasteiger partial charge in [-0.2, -0.15) is 13.2 Å². The molecule has 5 nitrogen and oxygen atoms in total. The molecule has 2 aromatic carbocycles. The molecule has 1 unspecified atom stereocenters. The van der Waals surface area contributed by atoms with Crippen LogP contribution in [0.3, 0.4) is 0 Å². The lowest BCUT2D eigenvalue weighted by Crippen LogP contribution is -2.10. The van der Waals surface area contributed by atoms with Gasteiger partial charge in [0.2, 0.25) is 0 Å². The maximum absolute atomic E-state index is 12.6. The van der Waals surface area contributed by atoms with E-state index in [0.717, 1.165) is 17.0 Å². The summed E-state index contributed by atoms with van der Waals surface area (Å²) in [6.07, 6.45) is -4.39. The van der Waals surface area contributed by atoms with Crippen molar-refractivity contribution >= 4 is 17.7 Å². The highest BCUT2D eigenvalue weighted by Crippen LogP contribution is 2.31. The Morgan fingerprint density at radius 1 is 1.17 bits per heavy atom. The van der Waals surface area contributed by atoms with Gasteiger partial charge in [-0.1, -0.05) is 17.3 Å². The predicted octanol–water partition coefficient (Wildman–Crippen LogP) is 5.50. The van der Waals surface area contributed by atoms with Crippen molar-refractivity contribution in [1.29, 1.82) is 0 Å². The molecule has 0 aliphatic heterocycles. The Morgan fingerprint density at radius 3 is 2.41 bits per heavy atom. The van der Waals surface area contributed by atoms with E-state index in [9.17, 15) is 18.0 Å². The molecule has 0 saturated heterocycles. The number of hydrogen-bond donors (Lipinski definition) is 1. The second kappa shape index (κ2) is 8.60. The summed E-state index contributed by atoms with van der Waals surface area (Å²) in [5, 5.41) is 12.2. The van der Waals surface area contributed by atoms with Crippen LogP contribution in [0.1, 0.15) is 18.2 Å². The summed E-state index contributed by atoms with van der Waals surface area (Å²) in [6.45, 7) is 1.70. The van der Waals surface area contributed by atoms with Gasteiger partial charge >= 0.3 is 12.1 Å². The standard InChI is InChI=1S/C20H16F3NO4S/c1-12(19(25)26)29-17-8-6-15(7-9-17)27-11-16-10-18(24-28-16)13-2-4-14(5-3-13)20(21,22)23/h2-10,12H,11H2,1H3,(H,25,26). The van der Waals surface area contributed by atoms with E-state index in [4.69, 9.17) is 14.4 Å². The zero-order valence-corrected chi connectivity index (χ0v) is 16.0. The first-order valence-corrected chi connectivity index (χ1v) is 9.36. The second-order valence-corrected chi connectivity index (χ2v) is 7.53. The van der Waals surface area contributed by atoms with Crippen molar-refractivity contribution in [3.8, 4) is 17.0 Å². The number of carboxylic acids is 1. The van der Waals surface area contributed by atoms with Crippen LogP contribution in [0.15, 0.2) is 64.0 Å². The van der Waals surface area contributed by atoms with E-state index in [0.29, 0.717) is 22.8 Å². The monoisotopic (exact) mass is 423 g/mol. The van der Waals surface area contributed by atoms with Crippen molar-refractivity contribution in [2.45, 2.75) is 29.9 Å². The van der Waals surface area contributed by atoms with Crippen molar-refractivity contribution in [2.75, 3.05) is 0 Å². The van der Waals surface area contributed by atoms with E-state index in [1.807, 2.05) is 0 Å². The second-order valence-electron chi connectivity index (χ2n) is 6.11. The molecule has 3 rings (SSSR count). The molecule has 1 atom stereocenters. The highest BCUT2D eigenvalue weighted by atomic mass is 32.2. The van der Waals surface area contributed by atoms with E-state index in [1.165, 1.54) is 23.9 Å². The third-order valence-electron chi connectivity index (χ3n) is 3.93. The number of thioether (sulfide) groups is 1. The molecule has 1 aromatic heterocycles. The van der Waals surface area contributed by atoms with Crippen molar-refractivity contribution in [1.82, 2.24) is 5.16 Å².